The number of nitrogens with one attached hydrogen (secondary N) is 1. The minimum absolute atomic E-state index is 0.0530. The van der Waals surface area contributed by atoms with Crippen LogP contribution in [-0.4, -0.2) is 43.8 Å². The number of carbonyl (C=O) groups is 1. The standard InChI is InChI=1S/C19H18ClN3O4S2/c1-27-13-5-7-15-16(11-13)28-19(21-15)22-18(24)12-4-6-14(20)17(10-12)29(25,26)23-8-2-3-9-23/h4-7,10-11H,2-3,8-9H2,1H3,(H,21,22,24). The number of sulfonamides is 1. The summed E-state index contributed by atoms with van der Waals surface area (Å²) in [6.07, 6.45) is 1.64. The summed E-state index contributed by atoms with van der Waals surface area (Å²) in [5, 5.41) is 3.24. The Labute approximate surface area is 177 Å². The lowest BCUT2D eigenvalue weighted by molar-refractivity contribution is 0.102. The molecular weight excluding hydrogens is 434 g/mol. The molecule has 2 heterocycles. The third kappa shape index (κ3) is 3.95. The van der Waals surface area contributed by atoms with E-state index in [9.17, 15) is 13.2 Å². The highest BCUT2D eigenvalue weighted by molar-refractivity contribution is 7.89. The molecule has 1 N–H and O–H groups in total. The third-order valence-electron chi connectivity index (χ3n) is 4.69. The summed E-state index contributed by atoms with van der Waals surface area (Å²) in [7, 11) is -2.15. The summed E-state index contributed by atoms with van der Waals surface area (Å²) < 4.78 is 33.2. The molecule has 0 unspecified atom stereocenters. The summed E-state index contributed by atoms with van der Waals surface area (Å²) in [5.74, 6) is 0.249. The van der Waals surface area contributed by atoms with Crippen molar-refractivity contribution in [1.29, 1.82) is 0 Å². The van der Waals surface area contributed by atoms with Crippen molar-refractivity contribution in [1.82, 2.24) is 9.29 Å². The van der Waals surface area contributed by atoms with E-state index in [0.717, 1.165) is 23.1 Å². The molecule has 2 aromatic carbocycles. The fraction of sp³-hybridized carbons (Fsp3) is 0.263. The zero-order valence-electron chi connectivity index (χ0n) is 15.5. The number of nitrogens with zero attached hydrogens (tertiary/aromatic N) is 2. The number of methoxy groups -OCH3 is 1. The van der Waals surface area contributed by atoms with Crippen molar-refractivity contribution >= 4 is 54.2 Å². The molecule has 1 aliphatic heterocycles. The van der Waals surface area contributed by atoms with E-state index in [0.29, 0.717) is 24.0 Å². The Bertz CT molecular complexity index is 1190. The average molecular weight is 452 g/mol. The van der Waals surface area contributed by atoms with Crippen LogP contribution in [0.25, 0.3) is 10.2 Å². The lowest BCUT2D eigenvalue weighted by Gasteiger charge is -2.17. The van der Waals surface area contributed by atoms with Gasteiger partial charge < -0.3 is 4.74 Å². The van der Waals surface area contributed by atoms with Crippen LogP contribution in [0.2, 0.25) is 5.02 Å². The predicted octanol–water partition coefficient (Wildman–Crippen LogP) is 4.00. The first-order chi connectivity index (χ1) is 13.9. The van der Waals surface area contributed by atoms with E-state index < -0.39 is 15.9 Å². The maximum Gasteiger partial charge on any atom is 0.257 e. The van der Waals surface area contributed by atoms with Crippen LogP contribution in [0.15, 0.2) is 41.3 Å². The van der Waals surface area contributed by atoms with Crippen molar-refractivity contribution in [3.05, 3.63) is 47.0 Å². The molecule has 0 spiro atoms. The van der Waals surface area contributed by atoms with E-state index in [1.807, 2.05) is 12.1 Å². The molecule has 0 radical (unpaired) electrons. The van der Waals surface area contributed by atoms with Crippen molar-refractivity contribution in [2.45, 2.75) is 17.7 Å². The van der Waals surface area contributed by atoms with Gasteiger partial charge in [0.15, 0.2) is 5.13 Å². The van der Waals surface area contributed by atoms with Crippen LogP contribution in [0.1, 0.15) is 23.2 Å². The number of rotatable bonds is 5. The van der Waals surface area contributed by atoms with E-state index in [2.05, 4.69) is 10.3 Å². The first-order valence-electron chi connectivity index (χ1n) is 8.94. The monoisotopic (exact) mass is 451 g/mol. The number of benzene rings is 2. The molecule has 3 aromatic rings. The number of thiazole rings is 1. The highest BCUT2D eigenvalue weighted by Crippen LogP contribution is 2.31. The summed E-state index contributed by atoms with van der Waals surface area (Å²) in [4.78, 5) is 17.0. The molecule has 4 rings (SSSR count). The average Bonchev–Trinajstić information content (AvgIpc) is 3.37. The van der Waals surface area contributed by atoms with E-state index in [4.69, 9.17) is 16.3 Å². The molecule has 1 saturated heterocycles. The number of hydrogen-bond donors (Lipinski definition) is 1. The van der Waals surface area contributed by atoms with Crippen molar-refractivity contribution in [2.24, 2.45) is 0 Å². The molecule has 0 bridgehead atoms. The summed E-state index contributed by atoms with van der Waals surface area (Å²) in [6, 6.07) is 9.69. The number of carbonyl (C=O) groups excluding carboxylic acids is 1. The zero-order chi connectivity index (χ0) is 20.6. The number of hydrogen-bond acceptors (Lipinski definition) is 6. The van der Waals surface area contributed by atoms with E-state index in [1.54, 1.807) is 13.2 Å². The van der Waals surface area contributed by atoms with Crippen LogP contribution in [0, 0.1) is 0 Å². The van der Waals surface area contributed by atoms with Gasteiger partial charge in [-0.25, -0.2) is 13.4 Å². The number of fused-ring (bicyclic) bond motifs is 1. The Morgan fingerprint density at radius 1 is 1.21 bits per heavy atom. The van der Waals surface area contributed by atoms with Crippen molar-refractivity contribution in [3.63, 3.8) is 0 Å². The van der Waals surface area contributed by atoms with Gasteiger partial charge in [-0.2, -0.15) is 4.31 Å². The van der Waals surface area contributed by atoms with Crippen molar-refractivity contribution < 1.29 is 17.9 Å². The summed E-state index contributed by atoms with van der Waals surface area (Å²) >= 11 is 7.45. The second-order valence-corrected chi connectivity index (χ2v) is 9.91. The number of ether oxygens (including phenoxy) is 1. The quantitative estimate of drug-likeness (QED) is 0.633. The zero-order valence-corrected chi connectivity index (χ0v) is 17.9. The first kappa shape index (κ1) is 20.1. The summed E-state index contributed by atoms with van der Waals surface area (Å²) in [5.41, 5.74) is 0.934. The third-order valence-corrected chi connectivity index (χ3v) is 8.01. The van der Waals surface area contributed by atoms with Gasteiger partial charge in [0.05, 0.1) is 22.3 Å². The smallest absolute Gasteiger partial charge is 0.257 e. The lowest BCUT2D eigenvalue weighted by Crippen LogP contribution is -2.28. The highest BCUT2D eigenvalue weighted by Gasteiger charge is 2.29. The second kappa shape index (κ2) is 7.91. The molecule has 152 valence electrons. The maximum absolute atomic E-state index is 12.9. The van der Waals surface area contributed by atoms with Crippen molar-refractivity contribution in [2.75, 3.05) is 25.5 Å². The number of amides is 1. The van der Waals surface area contributed by atoms with Crippen LogP contribution in [0.3, 0.4) is 0 Å². The van der Waals surface area contributed by atoms with Gasteiger partial charge in [-0.15, -0.1) is 0 Å². The van der Waals surface area contributed by atoms with Gasteiger partial charge in [0.1, 0.15) is 10.6 Å². The minimum Gasteiger partial charge on any atom is -0.497 e. The molecule has 29 heavy (non-hydrogen) atoms. The molecule has 0 aliphatic carbocycles. The Kier molecular flexibility index (Phi) is 5.48. The molecule has 1 aliphatic rings. The van der Waals surface area contributed by atoms with Crippen LogP contribution in [0.5, 0.6) is 5.75 Å². The normalized spacial score (nSPS) is 15.0. The predicted molar refractivity (Wildman–Crippen MR) is 114 cm³/mol. The number of anilines is 1. The van der Waals surface area contributed by atoms with Gasteiger partial charge in [0.25, 0.3) is 5.91 Å². The van der Waals surface area contributed by atoms with Crippen LogP contribution >= 0.6 is 22.9 Å². The van der Waals surface area contributed by atoms with Crippen LogP contribution < -0.4 is 10.1 Å². The first-order valence-corrected chi connectivity index (χ1v) is 11.6. The SMILES string of the molecule is COc1ccc2nc(NC(=O)c3ccc(Cl)c(S(=O)(=O)N4CCCC4)c3)sc2c1. The number of aromatic nitrogens is 1. The molecule has 0 atom stereocenters. The molecule has 10 heteroatoms. The summed E-state index contributed by atoms with van der Waals surface area (Å²) in [6.45, 7) is 0.925. The van der Waals surface area contributed by atoms with E-state index >= 15 is 0 Å². The highest BCUT2D eigenvalue weighted by atomic mass is 35.5. The van der Waals surface area contributed by atoms with Gasteiger partial charge in [0, 0.05) is 18.7 Å². The minimum atomic E-state index is -3.73. The van der Waals surface area contributed by atoms with E-state index in [-0.39, 0.29) is 15.5 Å². The Morgan fingerprint density at radius 3 is 2.69 bits per heavy atom. The Balaban J connectivity index is 1.61. The van der Waals surface area contributed by atoms with Gasteiger partial charge in [0.2, 0.25) is 10.0 Å². The van der Waals surface area contributed by atoms with Gasteiger partial charge in [-0.05, 0) is 49.2 Å². The van der Waals surface area contributed by atoms with Gasteiger partial charge in [-0.3, -0.25) is 10.1 Å². The fourth-order valence-electron chi connectivity index (χ4n) is 3.16. The molecule has 1 aromatic heterocycles. The van der Waals surface area contributed by atoms with Gasteiger partial charge in [-0.1, -0.05) is 22.9 Å². The van der Waals surface area contributed by atoms with E-state index in [1.165, 1.54) is 33.8 Å². The van der Waals surface area contributed by atoms with Crippen molar-refractivity contribution in [3.8, 4) is 5.75 Å². The number of halogens is 1. The van der Waals surface area contributed by atoms with Crippen LogP contribution in [0.4, 0.5) is 5.13 Å². The topological polar surface area (TPSA) is 88.6 Å². The largest absolute Gasteiger partial charge is 0.497 e. The molecule has 7 nitrogen and oxygen atoms in total. The molecule has 1 fully saturated rings. The van der Waals surface area contributed by atoms with Crippen LogP contribution in [-0.2, 0) is 10.0 Å². The Morgan fingerprint density at radius 2 is 1.97 bits per heavy atom. The van der Waals surface area contributed by atoms with Gasteiger partial charge >= 0.3 is 0 Å². The lowest BCUT2D eigenvalue weighted by atomic mass is 10.2. The fourth-order valence-corrected chi connectivity index (χ4v) is 6.07. The molecule has 0 saturated carbocycles. The molecular formula is C19H18ClN3O4S2. The maximum atomic E-state index is 12.9. The molecule has 1 amide bonds. The Hall–Kier alpha value is -2.20. The second-order valence-electron chi connectivity index (χ2n) is 6.56.